The maximum Gasteiger partial charge on any atom is 0.190 e. The molecule has 1 aliphatic rings. The number of hydrogen-bond acceptors (Lipinski definition) is 3. The molecule has 19 heavy (non-hydrogen) atoms. The summed E-state index contributed by atoms with van der Waals surface area (Å²) >= 11 is 0. The van der Waals surface area contributed by atoms with Crippen molar-refractivity contribution in [3.8, 4) is 0 Å². The van der Waals surface area contributed by atoms with Gasteiger partial charge in [-0.15, -0.1) is 0 Å². The molecular formula is C14H24N4O. The Morgan fingerprint density at radius 1 is 1.42 bits per heavy atom. The first-order valence-corrected chi connectivity index (χ1v) is 6.93. The lowest BCUT2D eigenvalue weighted by Crippen LogP contribution is -2.41. The highest BCUT2D eigenvalue weighted by atomic mass is 16.3. The van der Waals surface area contributed by atoms with E-state index in [1.807, 2.05) is 20.0 Å². The van der Waals surface area contributed by atoms with Crippen LogP contribution in [0.2, 0.25) is 0 Å². The Labute approximate surface area is 115 Å². The summed E-state index contributed by atoms with van der Waals surface area (Å²) in [5.74, 6) is 2.82. The molecule has 2 N–H and O–H groups in total. The monoisotopic (exact) mass is 264 g/mol. The van der Waals surface area contributed by atoms with Crippen molar-refractivity contribution < 1.29 is 4.42 Å². The molecule has 0 bridgehead atoms. The third-order valence-electron chi connectivity index (χ3n) is 3.59. The van der Waals surface area contributed by atoms with Crippen molar-refractivity contribution in [3.05, 3.63) is 23.7 Å². The molecule has 0 amide bonds. The third-order valence-corrected chi connectivity index (χ3v) is 3.59. The standard InChI is InChI=1S/C14H24N4O/c1-11-6-7-13(19-11)12(18-8-4-5-9-18)10-17-14(15-2)16-3/h6-7,12H,4-5,8-10H2,1-3H3,(H2,15,16,17). The van der Waals surface area contributed by atoms with Gasteiger partial charge in [-0.1, -0.05) is 0 Å². The van der Waals surface area contributed by atoms with Crippen molar-refractivity contribution >= 4 is 5.96 Å². The molecule has 5 heteroatoms. The van der Waals surface area contributed by atoms with Crippen LogP contribution in [0.25, 0.3) is 0 Å². The first kappa shape index (κ1) is 13.9. The molecule has 2 rings (SSSR count). The minimum Gasteiger partial charge on any atom is -0.465 e. The summed E-state index contributed by atoms with van der Waals surface area (Å²) in [5, 5.41) is 6.39. The second kappa shape index (κ2) is 6.61. The van der Waals surface area contributed by atoms with Gasteiger partial charge in [-0.05, 0) is 45.0 Å². The average Bonchev–Trinajstić information content (AvgIpc) is 3.07. The van der Waals surface area contributed by atoms with Crippen LogP contribution >= 0.6 is 0 Å². The highest BCUT2D eigenvalue weighted by molar-refractivity contribution is 5.79. The van der Waals surface area contributed by atoms with Crippen LogP contribution in [0, 0.1) is 6.92 Å². The van der Waals surface area contributed by atoms with Crippen molar-refractivity contribution in [3.63, 3.8) is 0 Å². The maximum absolute atomic E-state index is 5.82. The molecule has 0 aliphatic carbocycles. The van der Waals surface area contributed by atoms with E-state index >= 15 is 0 Å². The van der Waals surface area contributed by atoms with E-state index in [1.165, 1.54) is 12.8 Å². The van der Waals surface area contributed by atoms with Gasteiger partial charge >= 0.3 is 0 Å². The second-order valence-corrected chi connectivity index (χ2v) is 4.91. The van der Waals surface area contributed by atoms with Gasteiger partial charge in [0, 0.05) is 20.6 Å². The van der Waals surface area contributed by atoms with Gasteiger partial charge in [0.1, 0.15) is 11.5 Å². The lowest BCUT2D eigenvalue weighted by molar-refractivity contribution is 0.213. The Bertz CT molecular complexity index is 421. The van der Waals surface area contributed by atoms with Gasteiger partial charge in [0.2, 0.25) is 0 Å². The highest BCUT2D eigenvalue weighted by Gasteiger charge is 2.25. The predicted octanol–water partition coefficient (Wildman–Crippen LogP) is 1.52. The minimum atomic E-state index is 0.279. The Morgan fingerprint density at radius 3 is 2.68 bits per heavy atom. The molecule has 1 aromatic rings. The second-order valence-electron chi connectivity index (χ2n) is 4.91. The summed E-state index contributed by atoms with van der Waals surface area (Å²) in [4.78, 5) is 6.63. The minimum absolute atomic E-state index is 0.279. The molecule has 106 valence electrons. The van der Waals surface area contributed by atoms with Gasteiger partial charge in [-0.25, -0.2) is 0 Å². The zero-order valence-electron chi connectivity index (χ0n) is 12.1. The van der Waals surface area contributed by atoms with E-state index in [4.69, 9.17) is 4.42 Å². The lowest BCUT2D eigenvalue weighted by atomic mass is 10.2. The van der Waals surface area contributed by atoms with Crippen molar-refractivity contribution in [1.29, 1.82) is 0 Å². The number of nitrogens with one attached hydrogen (secondary N) is 2. The normalized spacial score (nSPS) is 18.6. The van der Waals surface area contributed by atoms with Crippen LogP contribution in [-0.4, -0.2) is 44.6 Å². The van der Waals surface area contributed by atoms with Crippen molar-refractivity contribution in [1.82, 2.24) is 15.5 Å². The topological polar surface area (TPSA) is 52.8 Å². The lowest BCUT2D eigenvalue weighted by Gasteiger charge is -2.26. The van der Waals surface area contributed by atoms with Gasteiger partial charge in [-0.3, -0.25) is 9.89 Å². The van der Waals surface area contributed by atoms with Crippen LogP contribution in [0.15, 0.2) is 21.5 Å². The average molecular weight is 264 g/mol. The molecule has 2 heterocycles. The molecule has 1 aliphatic heterocycles. The number of hydrogen-bond donors (Lipinski definition) is 2. The van der Waals surface area contributed by atoms with Crippen molar-refractivity contribution in [2.24, 2.45) is 4.99 Å². The smallest absolute Gasteiger partial charge is 0.190 e. The summed E-state index contributed by atoms with van der Waals surface area (Å²) in [5.41, 5.74) is 0. The molecule has 0 saturated carbocycles. The summed E-state index contributed by atoms with van der Waals surface area (Å²) in [6, 6.07) is 4.40. The zero-order valence-corrected chi connectivity index (χ0v) is 12.1. The molecule has 1 fully saturated rings. The molecule has 0 radical (unpaired) electrons. The SMILES string of the molecule is CN=C(NC)NCC(c1ccc(C)o1)N1CCCC1. The molecule has 0 spiro atoms. The zero-order chi connectivity index (χ0) is 13.7. The Hall–Kier alpha value is -1.49. The van der Waals surface area contributed by atoms with E-state index < -0.39 is 0 Å². The highest BCUT2D eigenvalue weighted by Crippen LogP contribution is 2.25. The van der Waals surface area contributed by atoms with E-state index in [9.17, 15) is 0 Å². The van der Waals surface area contributed by atoms with Crippen LogP contribution in [0.5, 0.6) is 0 Å². The number of likely N-dealkylation sites (tertiary alicyclic amines) is 1. The largest absolute Gasteiger partial charge is 0.465 e. The van der Waals surface area contributed by atoms with Gasteiger partial charge in [-0.2, -0.15) is 0 Å². The number of furan rings is 1. The van der Waals surface area contributed by atoms with Gasteiger partial charge < -0.3 is 15.1 Å². The Balaban J connectivity index is 2.06. The number of aliphatic imine (C=N–C) groups is 1. The van der Waals surface area contributed by atoms with E-state index in [2.05, 4.69) is 26.6 Å². The van der Waals surface area contributed by atoms with E-state index in [0.717, 1.165) is 37.1 Å². The summed E-state index contributed by atoms with van der Waals surface area (Å²) < 4.78 is 5.82. The first-order valence-electron chi connectivity index (χ1n) is 6.93. The molecule has 1 aromatic heterocycles. The fourth-order valence-corrected chi connectivity index (χ4v) is 2.57. The number of nitrogens with zero attached hydrogens (tertiary/aromatic N) is 2. The summed E-state index contributed by atoms with van der Waals surface area (Å²) in [6.45, 7) is 5.08. The molecule has 1 unspecified atom stereocenters. The maximum atomic E-state index is 5.82. The summed E-state index contributed by atoms with van der Waals surface area (Å²) in [6.07, 6.45) is 2.55. The molecule has 0 aromatic carbocycles. The molecule has 1 saturated heterocycles. The Kier molecular flexibility index (Phi) is 4.85. The van der Waals surface area contributed by atoms with Crippen LogP contribution in [0.1, 0.15) is 30.4 Å². The van der Waals surface area contributed by atoms with Gasteiger partial charge in [0.25, 0.3) is 0 Å². The van der Waals surface area contributed by atoms with Crippen LogP contribution in [0.3, 0.4) is 0 Å². The van der Waals surface area contributed by atoms with Gasteiger partial charge in [0.15, 0.2) is 5.96 Å². The third kappa shape index (κ3) is 3.50. The molecule has 1 atom stereocenters. The van der Waals surface area contributed by atoms with Crippen molar-refractivity contribution in [2.45, 2.75) is 25.8 Å². The fourth-order valence-electron chi connectivity index (χ4n) is 2.57. The number of guanidine groups is 1. The van der Waals surface area contributed by atoms with E-state index in [1.54, 1.807) is 7.05 Å². The van der Waals surface area contributed by atoms with E-state index in [0.29, 0.717) is 0 Å². The number of rotatable bonds is 4. The van der Waals surface area contributed by atoms with Crippen LogP contribution in [-0.2, 0) is 0 Å². The molecule has 5 nitrogen and oxygen atoms in total. The quantitative estimate of drug-likeness (QED) is 0.639. The van der Waals surface area contributed by atoms with Gasteiger partial charge in [0.05, 0.1) is 6.04 Å². The summed E-state index contributed by atoms with van der Waals surface area (Å²) in [7, 11) is 3.65. The van der Waals surface area contributed by atoms with Crippen LogP contribution < -0.4 is 10.6 Å². The Morgan fingerprint density at radius 2 is 2.16 bits per heavy atom. The van der Waals surface area contributed by atoms with Crippen LogP contribution in [0.4, 0.5) is 0 Å². The predicted molar refractivity (Wildman–Crippen MR) is 77.4 cm³/mol. The van der Waals surface area contributed by atoms with Crippen molar-refractivity contribution in [2.75, 3.05) is 33.7 Å². The number of aryl methyl sites for hydroxylation is 1. The molecular weight excluding hydrogens is 240 g/mol. The first-order chi connectivity index (χ1) is 9.24. The fraction of sp³-hybridized carbons (Fsp3) is 0.643. The van der Waals surface area contributed by atoms with E-state index in [-0.39, 0.29) is 6.04 Å².